The van der Waals surface area contributed by atoms with E-state index in [-0.39, 0.29) is 19.1 Å². The van der Waals surface area contributed by atoms with Crippen molar-refractivity contribution in [3.05, 3.63) is 11.8 Å². The summed E-state index contributed by atoms with van der Waals surface area (Å²) in [6, 6.07) is 0. The van der Waals surface area contributed by atoms with Gasteiger partial charge >= 0.3 is 5.97 Å². The summed E-state index contributed by atoms with van der Waals surface area (Å²) in [4.78, 5) is 10.1. The molecule has 0 aliphatic rings. The van der Waals surface area contributed by atoms with Crippen molar-refractivity contribution in [2.45, 2.75) is 26.4 Å². The minimum Gasteiger partial charge on any atom is -0.480 e. The van der Waals surface area contributed by atoms with Crippen LogP contribution in [0.15, 0.2) is 4.42 Å². The molecule has 6 nitrogen and oxygen atoms in total. The molecule has 1 N–H and O–H groups in total. The van der Waals surface area contributed by atoms with Crippen LogP contribution >= 0.6 is 0 Å². The summed E-state index contributed by atoms with van der Waals surface area (Å²) in [5, 5.41) is 15.8. The molecule has 0 aliphatic carbocycles. The van der Waals surface area contributed by atoms with E-state index in [2.05, 4.69) is 10.2 Å². The fourth-order valence-electron chi connectivity index (χ4n) is 0.784. The summed E-state index contributed by atoms with van der Waals surface area (Å²) >= 11 is 0. The number of carbonyl (C=O) groups is 1. The third kappa shape index (κ3) is 3.14. The normalized spacial score (nSPS) is 10.8. The lowest BCUT2D eigenvalue weighted by Gasteiger charge is -1.96. The van der Waals surface area contributed by atoms with Gasteiger partial charge in [-0.25, -0.2) is 4.79 Å². The van der Waals surface area contributed by atoms with Crippen molar-refractivity contribution in [2.24, 2.45) is 0 Å². The van der Waals surface area contributed by atoms with Gasteiger partial charge in [0.2, 0.25) is 11.8 Å². The molecule has 0 amide bonds. The number of aromatic nitrogens is 2. The highest BCUT2D eigenvalue weighted by Crippen LogP contribution is 2.12. The summed E-state index contributed by atoms with van der Waals surface area (Å²) in [7, 11) is 0. The van der Waals surface area contributed by atoms with Crippen molar-refractivity contribution < 1.29 is 19.1 Å². The maximum Gasteiger partial charge on any atom is 0.329 e. The molecule has 0 bridgehead atoms. The van der Waals surface area contributed by atoms with Crippen LogP contribution in [-0.4, -0.2) is 27.9 Å². The van der Waals surface area contributed by atoms with Gasteiger partial charge in [0.1, 0.15) is 13.2 Å². The van der Waals surface area contributed by atoms with E-state index < -0.39 is 5.97 Å². The van der Waals surface area contributed by atoms with Gasteiger partial charge in [-0.3, -0.25) is 0 Å². The first-order chi connectivity index (χ1) is 6.59. The Morgan fingerprint density at radius 1 is 1.57 bits per heavy atom. The summed E-state index contributed by atoms with van der Waals surface area (Å²) in [5.41, 5.74) is 0. The fourth-order valence-corrected chi connectivity index (χ4v) is 0.784. The molecule has 1 heterocycles. The molecule has 0 fully saturated rings. The smallest absolute Gasteiger partial charge is 0.329 e. The van der Waals surface area contributed by atoms with Gasteiger partial charge in [-0.05, 0) is 0 Å². The predicted molar refractivity (Wildman–Crippen MR) is 45.7 cm³/mol. The molecule has 14 heavy (non-hydrogen) atoms. The average molecular weight is 200 g/mol. The molecule has 78 valence electrons. The Morgan fingerprint density at radius 2 is 2.29 bits per heavy atom. The molecule has 0 aromatic carbocycles. The van der Waals surface area contributed by atoms with E-state index in [0.717, 1.165) is 0 Å². The van der Waals surface area contributed by atoms with E-state index in [9.17, 15) is 4.79 Å². The van der Waals surface area contributed by atoms with Crippen molar-refractivity contribution in [1.82, 2.24) is 10.2 Å². The Morgan fingerprint density at radius 3 is 2.79 bits per heavy atom. The monoisotopic (exact) mass is 200 g/mol. The second-order valence-electron chi connectivity index (χ2n) is 3.08. The van der Waals surface area contributed by atoms with Gasteiger partial charge in [-0.15, -0.1) is 10.2 Å². The third-order valence-corrected chi connectivity index (χ3v) is 1.43. The molecule has 6 heteroatoms. The lowest BCUT2D eigenvalue weighted by molar-refractivity contribution is -0.142. The zero-order valence-corrected chi connectivity index (χ0v) is 8.06. The zero-order chi connectivity index (χ0) is 10.6. The van der Waals surface area contributed by atoms with Gasteiger partial charge in [0, 0.05) is 5.92 Å². The molecule has 1 rings (SSSR count). The topological polar surface area (TPSA) is 85.5 Å². The first-order valence-electron chi connectivity index (χ1n) is 4.21. The summed E-state index contributed by atoms with van der Waals surface area (Å²) in [5.74, 6) is -0.0294. The lowest BCUT2D eigenvalue weighted by Crippen LogP contribution is -2.06. The van der Waals surface area contributed by atoms with Crippen molar-refractivity contribution >= 4 is 5.97 Å². The summed E-state index contributed by atoms with van der Waals surface area (Å²) < 4.78 is 9.97. The van der Waals surface area contributed by atoms with Crippen molar-refractivity contribution in [1.29, 1.82) is 0 Å². The van der Waals surface area contributed by atoms with E-state index in [1.807, 2.05) is 13.8 Å². The highest BCUT2D eigenvalue weighted by Gasteiger charge is 2.09. The molecular formula is C8H12N2O4. The quantitative estimate of drug-likeness (QED) is 0.756. The largest absolute Gasteiger partial charge is 0.480 e. The van der Waals surface area contributed by atoms with E-state index in [1.165, 1.54) is 0 Å². The van der Waals surface area contributed by atoms with Crippen molar-refractivity contribution in [3.63, 3.8) is 0 Å². The lowest BCUT2D eigenvalue weighted by atomic mass is 10.2. The van der Waals surface area contributed by atoms with Gasteiger partial charge < -0.3 is 14.3 Å². The first-order valence-corrected chi connectivity index (χ1v) is 4.21. The van der Waals surface area contributed by atoms with E-state index >= 15 is 0 Å². The number of hydrogen-bond donors (Lipinski definition) is 1. The van der Waals surface area contributed by atoms with E-state index in [4.69, 9.17) is 14.3 Å². The van der Waals surface area contributed by atoms with Crippen LogP contribution in [0.4, 0.5) is 0 Å². The van der Waals surface area contributed by atoms with Gasteiger partial charge in [0.05, 0.1) is 0 Å². The van der Waals surface area contributed by atoms with Crippen LogP contribution in [0.5, 0.6) is 0 Å². The van der Waals surface area contributed by atoms with E-state index in [1.54, 1.807) is 0 Å². The fraction of sp³-hybridized carbons (Fsp3) is 0.625. The molecule has 0 spiro atoms. The molecule has 1 aromatic heterocycles. The van der Waals surface area contributed by atoms with Crippen molar-refractivity contribution in [2.75, 3.05) is 6.61 Å². The number of carboxylic acids is 1. The van der Waals surface area contributed by atoms with Crippen molar-refractivity contribution in [3.8, 4) is 0 Å². The molecule has 0 radical (unpaired) electrons. The second-order valence-corrected chi connectivity index (χ2v) is 3.08. The Kier molecular flexibility index (Phi) is 3.58. The van der Waals surface area contributed by atoms with Gasteiger partial charge in [-0.1, -0.05) is 13.8 Å². The van der Waals surface area contributed by atoms with Crippen LogP contribution in [0.1, 0.15) is 31.5 Å². The maximum absolute atomic E-state index is 10.1. The molecule has 0 aliphatic heterocycles. The number of nitrogens with zero attached hydrogens (tertiary/aromatic N) is 2. The highest BCUT2D eigenvalue weighted by atomic mass is 16.5. The number of carboxylic acid groups (broad SMARTS) is 1. The highest BCUT2D eigenvalue weighted by molar-refractivity contribution is 5.67. The van der Waals surface area contributed by atoms with Crippen LogP contribution in [-0.2, 0) is 16.1 Å². The number of ether oxygens (including phenoxy) is 1. The molecule has 0 atom stereocenters. The summed E-state index contributed by atoms with van der Waals surface area (Å²) in [6.45, 7) is 3.52. The Balaban J connectivity index is 2.40. The predicted octanol–water partition coefficient (Wildman–Crippen LogP) is 0.794. The molecule has 0 saturated heterocycles. The Labute approximate surface area is 80.9 Å². The first kappa shape index (κ1) is 10.6. The minimum atomic E-state index is -1.02. The van der Waals surface area contributed by atoms with E-state index in [0.29, 0.717) is 11.8 Å². The number of rotatable bonds is 5. The van der Waals surface area contributed by atoms with Crippen LogP contribution < -0.4 is 0 Å². The number of hydrogen-bond acceptors (Lipinski definition) is 5. The third-order valence-electron chi connectivity index (χ3n) is 1.43. The van der Waals surface area contributed by atoms with Gasteiger partial charge in [0.25, 0.3) is 0 Å². The average Bonchev–Trinajstić information content (AvgIpc) is 2.52. The van der Waals surface area contributed by atoms with Crippen LogP contribution in [0, 0.1) is 0 Å². The standard InChI is InChI=1S/C8H12N2O4/c1-5(2)8-10-9-6(14-8)3-13-4-7(11)12/h5H,3-4H2,1-2H3,(H,11,12). The van der Waals surface area contributed by atoms with Gasteiger partial charge in [-0.2, -0.15) is 0 Å². The molecular weight excluding hydrogens is 188 g/mol. The van der Waals surface area contributed by atoms with Crippen LogP contribution in [0.2, 0.25) is 0 Å². The zero-order valence-electron chi connectivity index (χ0n) is 8.06. The number of aliphatic carboxylic acids is 1. The van der Waals surface area contributed by atoms with Crippen LogP contribution in [0.3, 0.4) is 0 Å². The molecule has 0 saturated carbocycles. The molecule has 0 unspecified atom stereocenters. The maximum atomic E-state index is 10.1. The Bertz CT molecular complexity index is 308. The SMILES string of the molecule is CC(C)c1nnc(COCC(=O)O)o1. The van der Waals surface area contributed by atoms with Gasteiger partial charge in [0.15, 0.2) is 0 Å². The molecule has 1 aromatic rings. The van der Waals surface area contributed by atoms with Crippen LogP contribution in [0.25, 0.3) is 0 Å². The second kappa shape index (κ2) is 4.71. The Hall–Kier alpha value is -1.43. The minimum absolute atomic E-state index is 0.0337. The summed E-state index contributed by atoms with van der Waals surface area (Å²) in [6.07, 6.45) is 0.